The van der Waals surface area contributed by atoms with Crippen molar-refractivity contribution in [3.63, 3.8) is 0 Å². The molecule has 0 heterocycles. The van der Waals surface area contributed by atoms with Gasteiger partial charge in [-0.1, -0.05) is 15.9 Å². The van der Waals surface area contributed by atoms with E-state index < -0.39 is 12.0 Å². The van der Waals surface area contributed by atoms with Crippen LogP contribution < -0.4 is 10.1 Å². The molecule has 0 radical (unpaired) electrons. The smallest absolute Gasteiger partial charge is 0.252 e. The lowest BCUT2D eigenvalue weighted by molar-refractivity contribution is -0.0901. The van der Waals surface area contributed by atoms with E-state index in [4.69, 9.17) is 4.74 Å². The first-order chi connectivity index (χ1) is 8.39. The van der Waals surface area contributed by atoms with Crippen LogP contribution in [0.25, 0.3) is 0 Å². The summed E-state index contributed by atoms with van der Waals surface area (Å²) < 4.78 is 31.0. The first kappa shape index (κ1) is 13.3. The van der Waals surface area contributed by atoms with Gasteiger partial charge in [0, 0.05) is 28.9 Å². The Balaban J connectivity index is 2.03. The van der Waals surface area contributed by atoms with Crippen LogP contribution in [0.4, 0.5) is 8.78 Å². The van der Waals surface area contributed by atoms with Gasteiger partial charge in [-0.15, -0.1) is 0 Å². The van der Waals surface area contributed by atoms with Crippen molar-refractivity contribution >= 4 is 21.8 Å². The summed E-state index contributed by atoms with van der Waals surface area (Å²) in [4.78, 5) is 11.8. The number of ether oxygens (including phenoxy) is 1. The number of carbonyl (C=O) groups is 1. The maximum Gasteiger partial charge on any atom is 0.252 e. The van der Waals surface area contributed by atoms with Gasteiger partial charge in [-0.25, -0.2) is 8.78 Å². The van der Waals surface area contributed by atoms with Crippen molar-refractivity contribution in [2.75, 3.05) is 7.11 Å². The fourth-order valence-electron chi connectivity index (χ4n) is 1.84. The number of hydrogen-bond donors (Lipinski definition) is 1. The third-order valence-electron chi connectivity index (χ3n) is 2.79. The van der Waals surface area contributed by atoms with Gasteiger partial charge < -0.3 is 10.1 Å². The summed E-state index contributed by atoms with van der Waals surface area (Å²) in [6.07, 6.45) is -0.576. The molecule has 1 aliphatic rings. The average molecular weight is 320 g/mol. The normalized spacial score (nSPS) is 18.0. The third-order valence-corrected chi connectivity index (χ3v) is 3.25. The summed E-state index contributed by atoms with van der Waals surface area (Å²) in [7, 11) is 1.50. The Morgan fingerprint density at radius 3 is 2.67 bits per heavy atom. The fourth-order valence-corrected chi connectivity index (χ4v) is 2.32. The molecule has 0 saturated heterocycles. The Morgan fingerprint density at radius 1 is 1.44 bits per heavy atom. The van der Waals surface area contributed by atoms with E-state index in [0.29, 0.717) is 15.8 Å². The summed E-state index contributed by atoms with van der Waals surface area (Å²) >= 11 is 3.26. The summed E-state index contributed by atoms with van der Waals surface area (Å²) in [5.74, 6) is -2.46. The molecule has 3 nitrogen and oxygen atoms in total. The minimum absolute atomic E-state index is 0.288. The molecular formula is C12H12BrF2NO2. The van der Waals surface area contributed by atoms with Crippen molar-refractivity contribution in [3.05, 3.63) is 28.2 Å². The molecule has 1 aromatic rings. The van der Waals surface area contributed by atoms with Crippen LogP contribution in [-0.2, 0) is 0 Å². The standard InChI is InChI=1S/C12H12BrF2NO2/c1-18-10-3-7(2-8(13)4-10)11(17)16-9-5-12(14,15)6-9/h2-4,9H,5-6H2,1H3,(H,16,17). The SMILES string of the molecule is COc1cc(Br)cc(C(=O)NC2CC(F)(F)C2)c1. The molecule has 1 saturated carbocycles. The molecular weight excluding hydrogens is 308 g/mol. The molecule has 1 aliphatic carbocycles. The predicted octanol–water partition coefficient (Wildman–Crippen LogP) is 2.99. The zero-order valence-corrected chi connectivity index (χ0v) is 11.3. The van der Waals surface area contributed by atoms with Gasteiger partial charge in [0.05, 0.1) is 7.11 Å². The fraction of sp³-hybridized carbons (Fsp3) is 0.417. The molecule has 1 amide bonds. The van der Waals surface area contributed by atoms with Crippen molar-refractivity contribution in [3.8, 4) is 5.75 Å². The largest absolute Gasteiger partial charge is 0.497 e. The first-order valence-corrected chi connectivity index (χ1v) is 6.22. The number of nitrogens with one attached hydrogen (secondary N) is 1. The number of alkyl halides is 2. The number of benzene rings is 1. The van der Waals surface area contributed by atoms with Crippen molar-refractivity contribution < 1.29 is 18.3 Å². The Morgan fingerprint density at radius 2 is 2.11 bits per heavy atom. The van der Waals surface area contributed by atoms with Crippen molar-refractivity contribution in [2.45, 2.75) is 24.8 Å². The quantitative estimate of drug-likeness (QED) is 0.930. The summed E-state index contributed by atoms with van der Waals surface area (Å²) in [5, 5.41) is 2.57. The molecule has 0 aliphatic heterocycles. The van der Waals surface area contributed by atoms with Crippen molar-refractivity contribution in [1.29, 1.82) is 0 Å². The van der Waals surface area contributed by atoms with Crippen molar-refractivity contribution in [2.24, 2.45) is 0 Å². The second kappa shape index (κ2) is 4.84. The zero-order chi connectivity index (χ0) is 13.3. The van der Waals surface area contributed by atoms with E-state index in [2.05, 4.69) is 21.2 Å². The lowest BCUT2D eigenvalue weighted by atomic mass is 9.88. The summed E-state index contributed by atoms with van der Waals surface area (Å²) in [5.41, 5.74) is 0.386. The highest BCUT2D eigenvalue weighted by molar-refractivity contribution is 9.10. The Kier molecular flexibility index (Phi) is 3.56. The molecule has 0 unspecified atom stereocenters. The van der Waals surface area contributed by atoms with Crippen LogP contribution in [0.1, 0.15) is 23.2 Å². The van der Waals surface area contributed by atoms with Gasteiger partial charge in [-0.2, -0.15) is 0 Å². The second-order valence-electron chi connectivity index (χ2n) is 4.31. The molecule has 0 spiro atoms. The van der Waals surface area contributed by atoms with Gasteiger partial charge >= 0.3 is 0 Å². The Hall–Kier alpha value is -1.17. The molecule has 2 rings (SSSR count). The van der Waals surface area contributed by atoms with Crippen molar-refractivity contribution in [1.82, 2.24) is 5.32 Å². The lowest BCUT2D eigenvalue weighted by Crippen LogP contribution is -2.50. The van der Waals surface area contributed by atoms with Crippen LogP contribution in [0.5, 0.6) is 5.75 Å². The molecule has 0 aromatic heterocycles. The Labute approximate surface area is 112 Å². The van der Waals surface area contributed by atoms with Crippen LogP contribution in [0.3, 0.4) is 0 Å². The number of halogens is 3. The minimum atomic E-state index is -2.63. The van der Waals surface area contributed by atoms with Crippen LogP contribution >= 0.6 is 15.9 Å². The number of amides is 1. The molecule has 98 valence electrons. The second-order valence-corrected chi connectivity index (χ2v) is 5.23. The molecule has 1 N–H and O–H groups in total. The number of hydrogen-bond acceptors (Lipinski definition) is 2. The molecule has 6 heteroatoms. The average Bonchev–Trinajstić information content (AvgIpc) is 2.25. The van der Waals surface area contributed by atoms with Gasteiger partial charge in [0.25, 0.3) is 11.8 Å². The maximum atomic E-state index is 12.6. The summed E-state index contributed by atoms with van der Waals surface area (Å²) in [6, 6.07) is 4.46. The van der Waals surface area contributed by atoms with Crippen LogP contribution in [-0.4, -0.2) is 25.0 Å². The van der Waals surface area contributed by atoms with Gasteiger partial charge in [0.2, 0.25) is 0 Å². The van der Waals surface area contributed by atoms with E-state index in [9.17, 15) is 13.6 Å². The van der Waals surface area contributed by atoms with E-state index in [-0.39, 0.29) is 18.7 Å². The van der Waals surface area contributed by atoms with E-state index >= 15 is 0 Å². The van der Waals surface area contributed by atoms with Gasteiger partial charge in [0.15, 0.2) is 0 Å². The monoisotopic (exact) mass is 319 g/mol. The minimum Gasteiger partial charge on any atom is -0.497 e. The summed E-state index contributed by atoms with van der Waals surface area (Å²) in [6.45, 7) is 0. The molecule has 1 fully saturated rings. The van der Waals surface area contributed by atoms with E-state index in [1.165, 1.54) is 7.11 Å². The molecule has 0 bridgehead atoms. The van der Waals surface area contributed by atoms with Gasteiger partial charge in [-0.05, 0) is 18.2 Å². The van der Waals surface area contributed by atoms with E-state index in [0.717, 1.165) is 0 Å². The highest BCUT2D eigenvalue weighted by Crippen LogP contribution is 2.37. The number of rotatable bonds is 3. The number of carbonyl (C=O) groups excluding carboxylic acids is 1. The van der Waals surface area contributed by atoms with Gasteiger partial charge in [0.1, 0.15) is 5.75 Å². The van der Waals surface area contributed by atoms with Gasteiger partial charge in [-0.3, -0.25) is 4.79 Å². The molecule has 1 aromatic carbocycles. The first-order valence-electron chi connectivity index (χ1n) is 5.43. The Bertz CT molecular complexity index is 471. The predicted molar refractivity (Wildman–Crippen MR) is 66.1 cm³/mol. The lowest BCUT2D eigenvalue weighted by Gasteiger charge is -2.35. The topological polar surface area (TPSA) is 38.3 Å². The number of methoxy groups -OCH3 is 1. The highest BCUT2D eigenvalue weighted by atomic mass is 79.9. The zero-order valence-electron chi connectivity index (χ0n) is 9.67. The molecule has 18 heavy (non-hydrogen) atoms. The maximum absolute atomic E-state index is 12.6. The van der Waals surface area contributed by atoms with E-state index in [1.54, 1.807) is 18.2 Å². The highest BCUT2D eigenvalue weighted by Gasteiger charge is 2.45. The van der Waals surface area contributed by atoms with Crippen LogP contribution in [0.15, 0.2) is 22.7 Å². The molecule has 0 atom stereocenters. The third kappa shape index (κ3) is 2.98. The van der Waals surface area contributed by atoms with E-state index in [1.807, 2.05) is 0 Å². The van der Waals surface area contributed by atoms with Crippen LogP contribution in [0.2, 0.25) is 0 Å². The van der Waals surface area contributed by atoms with Crippen LogP contribution in [0, 0.1) is 0 Å².